The average molecular weight is 182 g/mol. The van der Waals surface area contributed by atoms with E-state index in [1.165, 1.54) is 0 Å². The maximum atomic E-state index is 8.98. The van der Waals surface area contributed by atoms with Gasteiger partial charge in [0.15, 0.2) is 0 Å². The summed E-state index contributed by atoms with van der Waals surface area (Å²) >= 11 is 0. The van der Waals surface area contributed by atoms with Crippen molar-refractivity contribution in [3.8, 4) is 0 Å². The second kappa shape index (κ2) is 4.39. The maximum absolute atomic E-state index is 8.98. The van der Waals surface area contributed by atoms with Crippen LogP contribution in [-0.4, -0.2) is 27.4 Å². The zero-order valence-electron chi connectivity index (χ0n) is 7.01. The van der Waals surface area contributed by atoms with Crippen LogP contribution in [0.4, 0.5) is 0 Å². The lowest BCUT2D eigenvalue weighted by Gasteiger charge is -2.10. The van der Waals surface area contributed by atoms with Gasteiger partial charge >= 0.3 is 7.12 Å². The highest BCUT2D eigenvalue weighted by Crippen LogP contribution is 2.03. The minimum atomic E-state index is -1.66. The van der Waals surface area contributed by atoms with Gasteiger partial charge < -0.3 is 20.3 Å². The molecule has 0 unspecified atom stereocenters. The van der Waals surface area contributed by atoms with Gasteiger partial charge in [0.2, 0.25) is 0 Å². The highest BCUT2D eigenvalue weighted by atomic mass is 16.4. The smallest absolute Gasteiger partial charge is 0.423 e. The van der Waals surface area contributed by atoms with E-state index in [0.29, 0.717) is 11.1 Å². The Hall–Kier alpha value is -0.875. The third kappa shape index (κ3) is 2.08. The summed E-state index contributed by atoms with van der Waals surface area (Å²) in [5.41, 5.74) is 1.02. The van der Waals surface area contributed by atoms with Crippen LogP contribution in [0.15, 0.2) is 18.2 Å². The largest absolute Gasteiger partial charge is 0.489 e. The van der Waals surface area contributed by atoms with Crippen LogP contribution in [0.3, 0.4) is 0 Å². The number of hydrogen-bond donors (Lipinski definition) is 4. The predicted molar refractivity (Wildman–Crippen MR) is 48.1 cm³/mol. The molecule has 0 atom stereocenters. The fraction of sp³-hybridized carbons (Fsp3) is 0.250. The molecule has 70 valence electrons. The van der Waals surface area contributed by atoms with Crippen LogP contribution in [-0.2, 0) is 13.2 Å². The molecule has 0 radical (unpaired) electrons. The molecule has 13 heavy (non-hydrogen) atoms. The first-order valence-corrected chi connectivity index (χ1v) is 3.89. The summed E-state index contributed by atoms with van der Waals surface area (Å²) in [5.74, 6) is 0. The average Bonchev–Trinajstić information content (AvgIpc) is 2.16. The second-order valence-electron chi connectivity index (χ2n) is 2.68. The molecule has 4 N–H and O–H groups in total. The monoisotopic (exact) mass is 182 g/mol. The van der Waals surface area contributed by atoms with Crippen molar-refractivity contribution in [3.05, 3.63) is 29.3 Å². The lowest BCUT2D eigenvalue weighted by Crippen LogP contribution is -2.36. The molecule has 1 aromatic rings. The number of benzene rings is 1. The van der Waals surface area contributed by atoms with Crippen LogP contribution in [0.2, 0.25) is 0 Å². The summed E-state index contributed by atoms with van der Waals surface area (Å²) in [4.78, 5) is 0. The topological polar surface area (TPSA) is 80.9 Å². The molecule has 0 aromatic heterocycles. The van der Waals surface area contributed by atoms with Gasteiger partial charge in [0.1, 0.15) is 0 Å². The van der Waals surface area contributed by atoms with Gasteiger partial charge in [0.05, 0.1) is 13.2 Å². The Morgan fingerprint density at radius 3 is 1.77 bits per heavy atom. The van der Waals surface area contributed by atoms with E-state index < -0.39 is 7.12 Å². The fourth-order valence-electron chi connectivity index (χ4n) is 1.27. The van der Waals surface area contributed by atoms with Crippen molar-refractivity contribution in [2.24, 2.45) is 0 Å². The molecule has 0 aliphatic carbocycles. The lowest BCUT2D eigenvalue weighted by molar-refractivity contribution is 0.276. The summed E-state index contributed by atoms with van der Waals surface area (Å²) < 4.78 is 0. The zero-order valence-corrected chi connectivity index (χ0v) is 7.01. The Kier molecular flexibility index (Phi) is 3.44. The molecule has 1 rings (SSSR count). The normalized spacial score (nSPS) is 10.2. The molecule has 0 spiro atoms. The molecule has 0 aliphatic rings. The van der Waals surface area contributed by atoms with Crippen LogP contribution < -0.4 is 5.46 Å². The Labute approximate surface area is 76.2 Å². The van der Waals surface area contributed by atoms with E-state index >= 15 is 0 Å². The number of aliphatic hydroxyl groups excluding tert-OH is 2. The molecular formula is C8H11BO4. The van der Waals surface area contributed by atoms with Crippen LogP contribution in [0.5, 0.6) is 0 Å². The summed E-state index contributed by atoms with van der Waals surface area (Å²) in [6.45, 7) is -0.554. The first-order valence-electron chi connectivity index (χ1n) is 3.89. The van der Waals surface area contributed by atoms with Crippen molar-refractivity contribution < 1.29 is 20.3 Å². The van der Waals surface area contributed by atoms with Gasteiger partial charge in [-0.15, -0.1) is 0 Å². The molecule has 4 nitrogen and oxygen atoms in total. The first kappa shape index (κ1) is 10.2. The van der Waals surface area contributed by atoms with Crippen molar-refractivity contribution >= 4 is 12.6 Å². The van der Waals surface area contributed by atoms with Crippen LogP contribution in [0.25, 0.3) is 0 Å². The van der Waals surface area contributed by atoms with Crippen molar-refractivity contribution in [3.63, 3.8) is 0 Å². The third-order valence-corrected chi connectivity index (χ3v) is 1.89. The molecule has 0 saturated carbocycles. The molecule has 0 bridgehead atoms. The quantitative estimate of drug-likeness (QED) is 0.422. The number of hydrogen-bond acceptors (Lipinski definition) is 4. The summed E-state index contributed by atoms with van der Waals surface area (Å²) in [6, 6.07) is 4.80. The summed E-state index contributed by atoms with van der Waals surface area (Å²) in [7, 11) is -1.66. The summed E-state index contributed by atoms with van der Waals surface area (Å²) in [6.07, 6.45) is 0. The zero-order chi connectivity index (χ0) is 9.84. The molecule has 1 aromatic carbocycles. The van der Waals surface area contributed by atoms with E-state index in [4.69, 9.17) is 20.3 Å². The Bertz CT molecular complexity index is 265. The van der Waals surface area contributed by atoms with E-state index in [-0.39, 0.29) is 18.7 Å². The molecular weight excluding hydrogens is 171 g/mol. The summed E-state index contributed by atoms with van der Waals surface area (Å²) in [5, 5.41) is 35.7. The number of rotatable bonds is 3. The molecule has 0 amide bonds. The van der Waals surface area contributed by atoms with Gasteiger partial charge in [0, 0.05) is 0 Å². The second-order valence-corrected chi connectivity index (χ2v) is 2.68. The van der Waals surface area contributed by atoms with Crippen molar-refractivity contribution in [2.75, 3.05) is 0 Å². The van der Waals surface area contributed by atoms with Gasteiger partial charge in [-0.3, -0.25) is 0 Å². The van der Waals surface area contributed by atoms with Gasteiger partial charge in [-0.2, -0.15) is 0 Å². The van der Waals surface area contributed by atoms with Crippen LogP contribution in [0, 0.1) is 0 Å². The Morgan fingerprint density at radius 1 is 1.00 bits per heavy atom. The van der Waals surface area contributed by atoms with E-state index in [9.17, 15) is 0 Å². The molecule has 0 saturated heterocycles. The van der Waals surface area contributed by atoms with Crippen molar-refractivity contribution in [2.45, 2.75) is 13.2 Å². The molecule has 5 heteroatoms. The minimum absolute atomic E-state index is 0.188. The van der Waals surface area contributed by atoms with Gasteiger partial charge in [0.25, 0.3) is 0 Å². The van der Waals surface area contributed by atoms with Crippen LogP contribution in [0.1, 0.15) is 11.1 Å². The first-order chi connectivity index (χ1) is 6.20. The molecule has 0 heterocycles. The lowest BCUT2D eigenvalue weighted by atomic mass is 9.74. The van der Waals surface area contributed by atoms with Gasteiger partial charge in [-0.05, 0) is 16.6 Å². The molecule has 0 aliphatic heterocycles. The number of aliphatic hydroxyl groups is 2. The minimum Gasteiger partial charge on any atom is -0.423 e. The van der Waals surface area contributed by atoms with E-state index in [2.05, 4.69) is 0 Å². The van der Waals surface area contributed by atoms with E-state index in [1.807, 2.05) is 0 Å². The highest BCUT2D eigenvalue weighted by Gasteiger charge is 2.18. The predicted octanol–water partition coefficient (Wildman–Crippen LogP) is -1.65. The molecule has 0 fully saturated rings. The fourth-order valence-corrected chi connectivity index (χ4v) is 1.27. The SMILES string of the molecule is OCc1cccc(CO)c1B(O)O. The van der Waals surface area contributed by atoms with E-state index in [1.54, 1.807) is 18.2 Å². The standard InChI is InChI=1S/C8H11BO4/c10-4-6-2-1-3-7(5-11)8(6)9(12)13/h1-3,10-13H,4-5H2. The van der Waals surface area contributed by atoms with Crippen molar-refractivity contribution in [1.82, 2.24) is 0 Å². The highest BCUT2D eigenvalue weighted by molar-refractivity contribution is 6.59. The van der Waals surface area contributed by atoms with Gasteiger partial charge in [-0.1, -0.05) is 18.2 Å². The van der Waals surface area contributed by atoms with E-state index in [0.717, 1.165) is 0 Å². The third-order valence-electron chi connectivity index (χ3n) is 1.89. The van der Waals surface area contributed by atoms with Crippen LogP contribution >= 0.6 is 0 Å². The maximum Gasteiger partial charge on any atom is 0.489 e. The Morgan fingerprint density at radius 2 is 1.46 bits per heavy atom. The Balaban J connectivity index is 3.21. The van der Waals surface area contributed by atoms with Crippen molar-refractivity contribution in [1.29, 1.82) is 0 Å². The van der Waals surface area contributed by atoms with Gasteiger partial charge in [-0.25, -0.2) is 0 Å².